The quantitative estimate of drug-likeness (QED) is 0.795. The topological polar surface area (TPSA) is 62.2 Å². The lowest BCUT2D eigenvalue weighted by Crippen LogP contribution is -2.12. The summed E-state index contributed by atoms with van der Waals surface area (Å²) < 4.78 is 1.61. The van der Waals surface area contributed by atoms with Crippen molar-refractivity contribution >= 4 is 43.6 Å². The van der Waals surface area contributed by atoms with Crippen LogP contribution in [0.5, 0.6) is 0 Å². The smallest absolute Gasteiger partial charge is 0.339 e. The van der Waals surface area contributed by atoms with Crippen molar-refractivity contribution in [1.82, 2.24) is 4.98 Å². The molecule has 1 unspecified atom stereocenters. The van der Waals surface area contributed by atoms with Crippen LogP contribution in [0.1, 0.15) is 28.9 Å². The van der Waals surface area contributed by atoms with E-state index in [0.29, 0.717) is 10.3 Å². The third kappa shape index (κ3) is 3.58. The number of halogens is 2. The highest BCUT2D eigenvalue weighted by Gasteiger charge is 2.15. The SMILES string of the molecule is CC(Nc1ncc(Br)cc1C(=O)O)c1cccc(Br)c1. The van der Waals surface area contributed by atoms with E-state index in [9.17, 15) is 9.90 Å². The second kappa shape index (κ2) is 6.37. The molecule has 0 aliphatic carbocycles. The van der Waals surface area contributed by atoms with Crippen LogP contribution in [-0.4, -0.2) is 16.1 Å². The van der Waals surface area contributed by atoms with Crippen molar-refractivity contribution in [3.05, 3.63) is 56.6 Å². The molecule has 104 valence electrons. The van der Waals surface area contributed by atoms with Gasteiger partial charge in [-0.25, -0.2) is 9.78 Å². The van der Waals surface area contributed by atoms with Crippen LogP contribution < -0.4 is 5.32 Å². The third-order valence-corrected chi connectivity index (χ3v) is 3.71. The number of anilines is 1. The number of aromatic carboxylic acids is 1. The predicted octanol–water partition coefficient (Wildman–Crippen LogP) is 4.48. The summed E-state index contributed by atoms with van der Waals surface area (Å²) in [6.45, 7) is 1.96. The molecule has 2 N–H and O–H groups in total. The molecule has 0 saturated heterocycles. The molecule has 0 amide bonds. The summed E-state index contributed by atoms with van der Waals surface area (Å²) in [6.07, 6.45) is 1.57. The number of carbonyl (C=O) groups is 1. The lowest BCUT2D eigenvalue weighted by molar-refractivity contribution is 0.0697. The van der Waals surface area contributed by atoms with E-state index in [-0.39, 0.29) is 11.6 Å². The van der Waals surface area contributed by atoms with Gasteiger partial charge in [0.2, 0.25) is 0 Å². The Morgan fingerprint density at radius 2 is 2.05 bits per heavy atom. The average molecular weight is 400 g/mol. The number of nitrogens with zero attached hydrogens (tertiary/aromatic N) is 1. The highest BCUT2D eigenvalue weighted by molar-refractivity contribution is 9.10. The zero-order valence-corrected chi connectivity index (χ0v) is 13.8. The van der Waals surface area contributed by atoms with Gasteiger partial charge in [-0.15, -0.1) is 0 Å². The standard InChI is InChI=1S/C14H12Br2N2O2/c1-8(9-3-2-4-10(15)5-9)18-13-12(14(19)20)6-11(16)7-17-13/h2-8H,1H3,(H,17,18)(H,19,20). The molecule has 1 heterocycles. The first kappa shape index (κ1) is 15.0. The molecule has 0 aliphatic rings. The number of hydrogen-bond donors (Lipinski definition) is 2. The molecule has 1 atom stereocenters. The van der Waals surface area contributed by atoms with Crippen molar-refractivity contribution in [2.75, 3.05) is 5.32 Å². The molecule has 2 rings (SSSR count). The van der Waals surface area contributed by atoms with Gasteiger partial charge in [-0.2, -0.15) is 0 Å². The number of aromatic nitrogens is 1. The Morgan fingerprint density at radius 3 is 2.70 bits per heavy atom. The number of carboxylic acid groups (broad SMARTS) is 1. The summed E-state index contributed by atoms with van der Waals surface area (Å²) in [5.41, 5.74) is 1.18. The molecule has 6 heteroatoms. The molecule has 0 fully saturated rings. The maximum Gasteiger partial charge on any atom is 0.339 e. The van der Waals surface area contributed by atoms with Crippen LogP contribution in [0, 0.1) is 0 Å². The molecule has 0 radical (unpaired) electrons. The average Bonchev–Trinajstić information content (AvgIpc) is 2.40. The molecule has 0 saturated carbocycles. The minimum absolute atomic E-state index is 0.0562. The summed E-state index contributed by atoms with van der Waals surface area (Å²) in [4.78, 5) is 15.4. The summed E-state index contributed by atoms with van der Waals surface area (Å²) in [5.74, 6) is -0.657. The first-order chi connectivity index (χ1) is 9.47. The van der Waals surface area contributed by atoms with Crippen LogP contribution in [0.3, 0.4) is 0 Å². The fourth-order valence-electron chi connectivity index (χ4n) is 1.78. The zero-order chi connectivity index (χ0) is 14.7. The van der Waals surface area contributed by atoms with Gasteiger partial charge in [-0.05, 0) is 46.6 Å². The first-order valence-electron chi connectivity index (χ1n) is 5.88. The van der Waals surface area contributed by atoms with Gasteiger partial charge in [-0.3, -0.25) is 0 Å². The number of hydrogen-bond acceptors (Lipinski definition) is 3. The van der Waals surface area contributed by atoms with E-state index in [1.165, 1.54) is 6.07 Å². The van der Waals surface area contributed by atoms with E-state index in [0.717, 1.165) is 10.0 Å². The van der Waals surface area contributed by atoms with Gasteiger partial charge in [0.1, 0.15) is 11.4 Å². The molecular formula is C14H12Br2N2O2. The van der Waals surface area contributed by atoms with Crippen LogP contribution in [-0.2, 0) is 0 Å². The molecule has 1 aromatic carbocycles. The molecule has 1 aromatic heterocycles. The highest BCUT2D eigenvalue weighted by Crippen LogP contribution is 2.24. The summed E-state index contributed by atoms with van der Waals surface area (Å²) in [7, 11) is 0. The zero-order valence-electron chi connectivity index (χ0n) is 10.6. The number of benzene rings is 1. The second-order valence-corrected chi connectivity index (χ2v) is 6.11. The minimum atomic E-state index is -1.01. The monoisotopic (exact) mass is 398 g/mol. The van der Waals surface area contributed by atoms with Crippen LogP contribution in [0.15, 0.2) is 45.5 Å². The van der Waals surface area contributed by atoms with Crippen molar-refractivity contribution in [3.8, 4) is 0 Å². The van der Waals surface area contributed by atoms with Crippen molar-refractivity contribution in [2.24, 2.45) is 0 Å². The van der Waals surface area contributed by atoms with Gasteiger partial charge < -0.3 is 10.4 Å². The molecule has 2 aromatic rings. The van der Waals surface area contributed by atoms with E-state index in [2.05, 4.69) is 42.2 Å². The van der Waals surface area contributed by atoms with E-state index in [4.69, 9.17) is 0 Å². The Hall–Kier alpha value is -1.40. The molecular weight excluding hydrogens is 388 g/mol. The van der Waals surface area contributed by atoms with Crippen molar-refractivity contribution in [3.63, 3.8) is 0 Å². The van der Waals surface area contributed by atoms with Gasteiger partial charge in [-0.1, -0.05) is 28.1 Å². The maximum absolute atomic E-state index is 11.2. The second-order valence-electron chi connectivity index (χ2n) is 4.28. The molecule has 0 spiro atoms. The lowest BCUT2D eigenvalue weighted by atomic mass is 10.1. The van der Waals surface area contributed by atoms with E-state index < -0.39 is 5.97 Å². The maximum atomic E-state index is 11.2. The number of carboxylic acids is 1. The summed E-state index contributed by atoms with van der Waals surface area (Å²) in [6, 6.07) is 9.31. The molecule has 0 aliphatic heterocycles. The van der Waals surface area contributed by atoms with Crippen LogP contribution in [0.25, 0.3) is 0 Å². The lowest BCUT2D eigenvalue weighted by Gasteiger charge is -2.16. The predicted molar refractivity (Wildman–Crippen MR) is 85.1 cm³/mol. The van der Waals surface area contributed by atoms with E-state index >= 15 is 0 Å². The Labute approximate surface area is 133 Å². The van der Waals surface area contributed by atoms with E-state index in [1.54, 1.807) is 6.20 Å². The van der Waals surface area contributed by atoms with E-state index in [1.807, 2.05) is 31.2 Å². The number of rotatable bonds is 4. The molecule has 4 nitrogen and oxygen atoms in total. The summed E-state index contributed by atoms with van der Waals surface area (Å²) >= 11 is 6.64. The van der Waals surface area contributed by atoms with Crippen LogP contribution >= 0.6 is 31.9 Å². The van der Waals surface area contributed by atoms with Crippen molar-refractivity contribution < 1.29 is 9.90 Å². The van der Waals surface area contributed by atoms with Crippen LogP contribution in [0.4, 0.5) is 5.82 Å². The van der Waals surface area contributed by atoms with Gasteiger partial charge in [0.05, 0.1) is 6.04 Å². The van der Waals surface area contributed by atoms with Crippen molar-refractivity contribution in [1.29, 1.82) is 0 Å². The Bertz CT molecular complexity index is 647. The van der Waals surface area contributed by atoms with Gasteiger partial charge >= 0.3 is 5.97 Å². The Kier molecular flexibility index (Phi) is 4.77. The fourth-order valence-corrected chi connectivity index (χ4v) is 2.53. The van der Waals surface area contributed by atoms with Crippen molar-refractivity contribution in [2.45, 2.75) is 13.0 Å². The largest absolute Gasteiger partial charge is 0.478 e. The molecule has 20 heavy (non-hydrogen) atoms. The number of pyridine rings is 1. The molecule has 0 bridgehead atoms. The Balaban J connectivity index is 2.28. The fraction of sp³-hybridized carbons (Fsp3) is 0.143. The number of nitrogens with one attached hydrogen (secondary N) is 1. The normalized spacial score (nSPS) is 11.9. The summed E-state index contributed by atoms with van der Waals surface area (Å²) in [5, 5.41) is 12.3. The highest BCUT2D eigenvalue weighted by atomic mass is 79.9. The first-order valence-corrected chi connectivity index (χ1v) is 7.47. The third-order valence-electron chi connectivity index (χ3n) is 2.79. The Morgan fingerprint density at radius 1 is 1.30 bits per heavy atom. The van der Waals surface area contributed by atoms with Crippen LogP contribution in [0.2, 0.25) is 0 Å². The minimum Gasteiger partial charge on any atom is -0.478 e. The van der Waals surface area contributed by atoms with Gasteiger partial charge in [0, 0.05) is 15.1 Å². The van der Waals surface area contributed by atoms with Gasteiger partial charge in [0.15, 0.2) is 0 Å². The van der Waals surface area contributed by atoms with Gasteiger partial charge in [0.25, 0.3) is 0 Å².